The van der Waals surface area contributed by atoms with E-state index in [1.807, 2.05) is 30.3 Å². The maximum Gasteiger partial charge on any atom is 0.339 e. The van der Waals surface area contributed by atoms with E-state index >= 15 is 0 Å². The van der Waals surface area contributed by atoms with Crippen molar-refractivity contribution < 1.29 is 14.1 Å². The Hall–Kier alpha value is -2.97. The first kappa shape index (κ1) is 21.3. The molecule has 0 amide bonds. The number of esters is 1. The summed E-state index contributed by atoms with van der Waals surface area (Å²) in [5.41, 5.74) is 1.30. The molecule has 0 radical (unpaired) electrons. The van der Waals surface area contributed by atoms with Crippen LogP contribution in [0.2, 0.25) is 5.02 Å². The van der Waals surface area contributed by atoms with Crippen LogP contribution in [0.15, 0.2) is 47.1 Å². The van der Waals surface area contributed by atoms with E-state index in [1.54, 1.807) is 19.2 Å². The van der Waals surface area contributed by atoms with Gasteiger partial charge in [-0.05, 0) is 37.6 Å². The molecule has 1 fully saturated rings. The monoisotopic (exact) mass is 441 g/mol. The van der Waals surface area contributed by atoms with E-state index in [-0.39, 0.29) is 5.97 Å². The summed E-state index contributed by atoms with van der Waals surface area (Å²) >= 11 is 6.05. The molecule has 0 unspecified atom stereocenters. The van der Waals surface area contributed by atoms with E-state index in [0.717, 1.165) is 44.0 Å². The fraction of sp³-hybridized carbons (Fsp3) is 0.364. The number of carbonyl (C=O) groups excluding carboxylic acids is 1. The van der Waals surface area contributed by atoms with Crippen molar-refractivity contribution in [1.29, 1.82) is 0 Å². The lowest BCUT2D eigenvalue weighted by atomic mass is 10.2. The molecule has 4 rings (SSSR count). The Bertz CT molecular complexity index is 1020. The molecule has 3 heterocycles. The van der Waals surface area contributed by atoms with E-state index in [4.69, 9.17) is 20.9 Å². The molecule has 9 heteroatoms. The van der Waals surface area contributed by atoms with Gasteiger partial charge in [0.05, 0.1) is 18.7 Å². The average molecular weight is 442 g/mol. The number of anilines is 1. The van der Waals surface area contributed by atoms with Gasteiger partial charge in [0.15, 0.2) is 0 Å². The van der Waals surface area contributed by atoms with Crippen LogP contribution in [0.1, 0.15) is 29.6 Å². The molecule has 1 aromatic carbocycles. The average Bonchev–Trinajstić information content (AvgIpc) is 3.12. The number of halogens is 1. The normalized spacial score (nSPS) is 15.0. The summed E-state index contributed by atoms with van der Waals surface area (Å²) in [6.07, 6.45) is 2.56. The molecule has 0 bridgehead atoms. The molecule has 0 atom stereocenters. The Morgan fingerprint density at radius 1 is 1.19 bits per heavy atom. The summed E-state index contributed by atoms with van der Waals surface area (Å²) in [6.45, 7) is 6.21. The lowest BCUT2D eigenvalue weighted by Gasteiger charge is -2.22. The molecular weight excluding hydrogens is 418 g/mol. The van der Waals surface area contributed by atoms with Crippen LogP contribution in [0.3, 0.4) is 0 Å². The van der Waals surface area contributed by atoms with Crippen molar-refractivity contribution in [2.45, 2.75) is 19.9 Å². The molecule has 3 aromatic rings. The number of hydrogen-bond donors (Lipinski definition) is 0. The van der Waals surface area contributed by atoms with Crippen molar-refractivity contribution in [2.24, 2.45) is 0 Å². The number of hydrogen-bond acceptors (Lipinski definition) is 8. The molecule has 2 aromatic heterocycles. The van der Waals surface area contributed by atoms with Gasteiger partial charge in [0, 0.05) is 43.0 Å². The Morgan fingerprint density at radius 2 is 2.10 bits per heavy atom. The van der Waals surface area contributed by atoms with Gasteiger partial charge in [-0.2, -0.15) is 4.98 Å². The number of rotatable bonds is 6. The van der Waals surface area contributed by atoms with E-state index in [1.165, 1.54) is 0 Å². The van der Waals surface area contributed by atoms with Crippen molar-refractivity contribution >= 4 is 23.4 Å². The number of pyridine rings is 1. The van der Waals surface area contributed by atoms with Gasteiger partial charge in [-0.1, -0.05) is 28.9 Å². The molecular formula is C22H24ClN5O3. The van der Waals surface area contributed by atoms with E-state index in [2.05, 4.69) is 24.9 Å². The third-order valence-corrected chi connectivity index (χ3v) is 5.32. The molecule has 0 saturated carbocycles. The van der Waals surface area contributed by atoms with E-state index in [0.29, 0.717) is 35.5 Å². The zero-order valence-corrected chi connectivity index (χ0v) is 18.1. The Labute approximate surface area is 185 Å². The van der Waals surface area contributed by atoms with Crippen molar-refractivity contribution in [3.63, 3.8) is 0 Å². The molecule has 1 aliphatic heterocycles. The zero-order chi connectivity index (χ0) is 21.6. The van der Waals surface area contributed by atoms with Gasteiger partial charge >= 0.3 is 5.97 Å². The van der Waals surface area contributed by atoms with Crippen LogP contribution in [0.4, 0.5) is 5.82 Å². The summed E-state index contributed by atoms with van der Waals surface area (Å²) in [4.78, 5) is 25.3. The van der Waals surface area contributed by atoms with Crippen LogP contribution in [-0.2, 0) is 11.3 Å². The third-order valence-electron chi connectivity index (χ3n) is 5.08. The van der Waals surface area contributed by atoms with Crippen LogP contribution < -0.4 is 4.90 Å². The smallest absolute Gasteiger partial charge is 0.339 e. The van der Waals surface area contributed by atoms with Crippen LogP contribution in [-0.4, -0.2) is 58.8 Å². The minimum absolute atomic E-state index is 0.347. The second kappa shape index (κ2) is 9.89. The maximum absolute atomic E-state index is 11.8. The fourth-order valence-electron chi connectivity index (χ4n) is 3.52. The van der Waals surface area contributed by atoms with Crippen LogP contribution in [0.25, 0.3) is 11.4 Å². The summed E-state index contributed by atoms with van der Waals surface area (Å²) in [7, 11) is 0. The lowest BCUT2D eigenvalue weighted by molar-refractivity contribution is 0.0526. The third kappa shape index (κ3) is 5.39. The largest absolute Gasteiger partial charge is 0.462 e. The van der Waals surface area contributed by atoms with Crippen molar-refractivity contribution in [2.75, 3.05) is 37.7 Å². The zero-order valence-electron chi connectivity index (χ0n) is 17.3. The number of nitrogens with zero attached hydrogens (tertiary/aromatic N) is 5. The molecule has 1 saturated heterocycles. The van der Waals surface area contributed by atoms with Gasteiger partial charge in [-0.15, -0.1) is 0 Å². The number of aromatic nitrogens is 3. The van der Waals surface area contributed by atoms with E-state index < -0.39 is 0 Å². The Morgan fingerprint density at radius 3 is 2.87 bits per heavy atom. The molecule has 31 heavy (non-hydrogen) atoms. The fourth-order valence-corrected chi connectivity index (χ4v) is 3.71. The second-order valence-electron chi connectivity index (χ2n) is 7.26. The van der Waals surface area contributed by atoms with Gasteiger partial charge < -0.3 is 14.2 Å². The quantitative estimate of drug-likeness (QED) is 0.535. The van der Waals surface area contributed by atoms with Crippen LogP contribution in [0.5, 0.6) is 0 Å². The SMILES string of the molecule is CCOC(=O)c1ccc(N2CCCN(Cc3nc(-c4cccc(Cl)c4)no3)CC2)nc1. The minimum Gasteiger partial charge on any atom is -0.462 e. The van der Waals surface area contributed by atoms with Gasteiger partial charge in [0.2, 0.25) is 11.7 Å². The van der Waals surface area contributed by atoms with Crippen molar-refractivity contribution in [1.82, 2.24) is 20.0 Å². The lowest BCUT2D eigenvalue weighted by Crippen LogP contribution is -2.31. The predicted molar refractivity (Wildman–Crippen MR) is 117 cm³/mol. The first-order chi connectivity index (χ1) is 15.1. The molecule has 0 spiro atoms. The number of benzene rings is 1. The molecule has 8 nitrogen and oxygen atoms in total. The highest BCUT2D eigenvalue weighted by Crippen LogP contribution is 2.21. The standard InChI is InChI=1S/C22H24ClN5O3/c1-2-30-22(29)17-7-8-19(24-14-17)28-10-4-9-27(11-12-28)15-20-25-21(26-31-20)16-5-3-6-18(23)13-16/h3,5-8,13-14H,2,4,9-12,15H2,1H3. The van der Waals surface area contributed by atoms with Crippen LogP contribution >= 0.6 is 11.6 Å². The second-order valence-corrected chi connectivity index (χ2v) is 7.70. The topological polar surface area (TPSA) is 84.6 Å². The number of ether oxygens (including phenoxy) is 1. The highest BCUT2D eigenvalue weighted by Gasteiger charge is 2.19. The van der Waals surface area contributed by atoms with Gasteiger partial charge in [-0.3, -0.25) is 4.90 Å². The molecule has 0 aliphatic carbocycles. The Balaban J connectivity index is 1.35. The first-order valence-electron chi connectivity index (χ1n) is 10.3. The van der Waals surface area contributed by atoms with E-state index in [9.17, 15) is 4.79 Å². The summed E-state index contributed by atoms with van der Waals surface area (Å²) in [6, 6.07) is 11.0. The molecule has 1 aliphatic rings. The first-order valence-corrected chi connectivity index (χ1v) is 10.7. The van der Waals surface area contributed by atoms with Gasteiger partial charge in [-0.25, -0.2) is 9.78 Å². The highest BCUT2D eigenvalue weighted by molar-refractivity contribution is 6.30. The number of carbonyl (C=O) groups is 1. The maximum atomic E-state index is 11.8. The minimum atomic E-state index is -0.347. The summed E-state index contributed by atoms with van der Waals surface area (Å²) in [5.74, 6) is 1.64. The van der Waals surface area contributed by atoms with Crippen molar-refractivity contribution in [3.05, 3.63) is 59.1 Å². The van der Waals surface area contributed by atoms with Crippen molar-refractivity contribution in [3.8, 4) is 11.4 Å². The van der Waals surface area contributed by atoms with Gasteiger partial charge in [0.25, 0.3) is 0 Å². The Kier molecular flexibility index (Phi) is 6.79. The highest BCUT2D eigenvalue weighted by atomic mass is 35.5. The summed E-state index contributed by atoms with van der Waals surface area (Å²) < 4.78 is 10.5. The van der Waals surface area contributed by atoms with Crippen LogP contribution in [0, 0.1) is 0 Å². The molecule has 162 valence electrons. The summed E-state index contributed by atoms with van der Waals surface area (Å²) in [5, 5.41) is 4.72. The van der Waals surface area contributed by atoms with Gasteiger partial charge in [0.1, 0.15) is 5.82 Å². The predicted octanol–water partition coefficient (Wildman–Crippen LogP) is 3.67. The molecule has 0 N–H and O–H groups in total.